The highest BCUT2D eigenvalue weighted by Gasteiger charge is 2.19. The van der Waals surface area contributed by atoms with Crippen LogP contribution in [0.5, 0.6) is 0 Å². The van der Waals surface area contributed by atoms with Gasteiger partial charge in [-0.25, -0.2) is 9.97 Å². The first-order valence-electron chi connectivity index (χ1n) is 17.1. The molecule has 0 atom stereocenters. The number of hydrogen-bond donors (Lipinski definition) is 0. The molecule has 0 amide bonds. The van der Waals surface area contributed by atoms with Crippen LogP contribution in [-0.2, 0) is 0 Å². The molecule has 11 aromatic rings. The Morgan fingerprint density at radius 2 is 1.12 bits per heavy atom. The molecule has 0 aliphatic heterocycles. The van der Waals surface area contributed by atoms with E-state index in [9.17, 15) is 0 Å². The van der Waals surface area contributed by atoms with Crippen LogP contribution in [0.2, 0.25) is 0 Å². The lowest BCUT2D eigenvalue weighted by atomic mass is 10.0. The predicted molar refractivity (Wildman–Crippen MR) is 213 cm³/mol. The minimum Gasteiger partial charge on any atom is -0.456 e. The van der Waals surface area contributed by atoms with Crippen molar-refractivity contribution < 1.29 is 4.42 Å². The number of benzene rings is 7. The first kappa shape index (κ1) is 28.3. The largest absolute Gasteiger partial charge is 0.456 e. The van der Waals surface area contributed by atoms with E-state index in [2.05, 4.69) is 150 Å². The molecular formula is C46H27N3OS. The molecule has 0 saturated heterocycles. The van der Waals surface area contributed by atoms with E-state index in [0.717, 1.165) is 55.6 Å². The number of furan rings is 1. The number of aromatic nitrogens is 3. The summed E-state index contributed by atoms with van der Waals surface area (Å²) >= 11 is 1.83. The summed E-state index contributed by atoms with van der Waals surface area (Å²) in [7, 11) is 0. The summed E-state index contributed by atoms with van der Waals surface area (Å²) in [5.74, 6) is 1.50. The van der Waals surface area contributed by atoms with E-state index in [1.807, 2.05) is 29.5 Å². The molecule has 0 fully saturated rings. The van der Waals surface area contributed by atoms with E-state index in [-0.39, 0.29) is 0 Å². The maximum atomic E-state index is 6.45. The second kappa shape index (κ2) is 11.0. The Bertz CT molecular complexity index is 3140. The molecular weight excluding hydrogens is 643 g/mol. The second-order valence-corrected chi connectivity index (χ2v) is 14.1. The van der Waals surface area contributed by atoms with Crippen LogP contribution in [0.15, 0.2) is 168 Å². The van der Waals surface area contributed by atoms with Gasteiger partial charge in [-0.2, -0.15) is 0 Å². The van der Waals surface area contributed by atoms with Gasteiger partial charge < -0.3 is 4.42 Å². The molecule has 5 heteroatoms. The average molecular weight is 670 g/mol. The smallest absolute Gasteiger partial charge is 0.162 e. The standard InChI is InChI=1S/C46H27N3OS/c1-3-11-28(12-4-1)30-19-21-38-34(25-30)32-15-7-9-17-37(32)49(38)43-27-36(47-46(48-43)29-13-5-2-6-14-29)31-20-22-39-35(26-31)44-40(50-39)23-24-42-45(44)33-16-8-10-18-41(33)51-42/h1-27H. The normalized spacial score (nSPS) is 11.9. The molecule has 4 aromatic heterocycles. The molecule has 0 aliphatic carbocycles. The second-order valence-electron chi connectivity index (χ2n) is 13.0. The van der Waals surface area contributed by atoms with Crippen molar-refractivity contribution in [2.45, 2.75) is 0 Å². The summed E-state index contributed by atoms with van der Waals surface area (Å²) in [5, 5.41) is 7.11. The third-order valence-electron chi connectivity index (χ3n) is 10.0. The van der Waals surface area contributed by atoms with Crippen LogP contribution in [0, 0.1) is 0 Å². The van der Waals surface area contributed by atoms with Gasteiger partial charge in [-0.05, 0) is 65.7 Å². The van der Waals surface area contributed by atoms with Crippen LogP contribution in [0.25, 0.3) is 104 Å². The molecule has 51 heavy (non-hydrogen) atoms. The van der Waals surface area contributed by atoms with Crippen LogP contribution in [0.4, 0.5) is 0 Å². The third-order valence-corrected chi connectivity index (χ3v) is 11.2. The van der Waals surface area contributed by atoms with Gasteiger partial charge in [0.25, 0.3) is 0 Å². The van der Waals surface area contributed by atoms with Crippen LogP contribution >= 0.6 is 11.3 Å². The Hall–Kier alpha value is -6.56. The lowest BCUT2D eigenvalue weighted by Gasteiger charge is -2.12. The highest BCUT2D eigenvalue weighted by molar-refractivity contribution is 7.26. The van der Waals surface area contributed by atoms with E-state index in [1.165, 1.54) is 42.1 Å². The van der Waals surface area contributed by atoms with Crippen molar-refractivity contribution in [3.63, 3.8) is 0 Å². The number of rotatable bonds is 4. The summed E-state index contributed by atoms with van der Waals surface area (Å²) < 4.78 is 11.3. The zero-order valence-corrected chi connectivity index (χ0v) is 28.1. The Labute approximate surface area is 296 Å². The Kier molecular flexibility index (Phi) is 6.09. The van der Waals surface area contributed by atoms with Crippen molar-refractivity contribution in [2.24, 2.45) is 0 Å². The van der Waals surface area contributed by atoms with E-state index < -0.39 is 0 Å². The van der Waals surface area contributed by atoms with Crippen molar-refractivity contribution in [2.75, 3.05) is 0 Å². The van der Waals surface area contributed by atoms with Crippen LogP contribution in [0.3, 0.4) is 0 Å². The minimum atomic E-state index is 0.679. The maximum absolute atomic E-state index is 6.45. The highest BCUT2D eigenvalue weighted by atomic mass is 32.1. The summed E-state index contributed by atoms with van der Waals surface area (Å²) in [4.78, 5) is 10.5. The lowest BCUT2D eigenvalue weighted by molar-refractivity contribution is 0.669. The lowest BCUT2D eigenvalue weighted by Crippen LogP contribution is -2.02. The van der Waals surface area contributed by atoms with Crippen molar-refractivity contribution in [1.29, 1.82) is 0 Å². The number of fused-ring (bicyclic) bond motifs is 10. The molecule has 0 N–H and O–H groups in total. The number of nitrogens with zero attached hydrogens (tertiary/aromatic N) is 3. The number of thiophene rings is 1. The zero-order valence-electron chi connectivity index (χ0n) is 27.2. The molecule has 0 unspecified atom stereocenters. The molecule has 4 nitrogen and oxygen atoms in total. The fraction of sp³-hybridized carbons (Fsp3) is 0. The molecule has 11 rings (SSSR count). The van der Waals surface area contributed by atoms with E-state index in [4.69, 9.17) is 14.4 Å². The quantitative estimate of drug-likeness (QED) is 0.187. The van der Waals surface area contributed by atoms with Gasteiger partial charge in [0.15, 0.2) is 5.82 Å². The molecule has 0 saturated carbocycles. The van der Waals surface area contributed by atoms with Gasteiger partial charge in [0.2, 0.25) is 0 Å². The highest BCUT2D eigenvalue weighted by Crippen LogP contribution is 2.43. The third kappa shape index (κ3) is 4.38. The van der Waals surface area contributed by atoms with Crippen LogP contribution < -0.4 is 0 Å². The van der Waals surface area contributed by atoms with Gasteiger partial charge in [0.05, 0.1) is 16.7 Å². The summed E-state index contributed by atoms with van der Waals surface area (Å²) in [6, 6.07) is 57.6. The summed E-state index contributed by atoms with van der Waals surface area (Å²) in [6.07, 6.45) is 0. The van der Waals surface area contributed by atoms with E-state index in [0.29, 0.717) is 5.82 Å². The molecule has 7 aromatic carbocycles. The molecule has 0 spiro atoms. The van der Waals surface area contributed by atoms with Crippen molar-refractivity contribution in [1.82, 2.24) is 14.5 Å². The molecule has 0 radical (unpaired) electrons. The molecule has 4 heterocycles. The predicted octanol–water partition coefficient (Wildman–Crippen LogP) is 12.8. The molecule has 0 bridgehead atoms. The van der Waals surface area contributed by atoms with Gasteiger partial charge in [0.1, 0.15) is 17.0 Å². The first-order valence-corrected chi connectivity index (χ1v) is 17.9. The average Bonchev–Trinajstić information content (AvgIpc) is 3.87. The van der Waals surface area contributed by atoms with Crippen molar-refractivity contribution in [3.05, 3.63) is 164 Å². The van der Waals surface area contributed by atoms with Gasteiger partial charge in [-0.15, -0.1) is 11.3 Å². The van der Waals surface area contributed by atoms with Gasteiger partial charge >= 0.3 is 0 Å². The monoisotopic (exact) mass is 669 g/mol. The Morgan fingerprint density at radius 1 is 0.431 bits per heavy atom. The topological polar surface area (TPSA) is 43.9 Å². The molecule has 0 aliphatic rings. The Morgan fingerprint density at radius 3 is 1.98 bits per heavy atom. The van der Waals surface area contributed by atoms with Crippen molar-refractivity contribution in [3.8, 4) is 39.6 Å². The van der Waals surface area contributed by atoms with Gasteiger partial charge in [0, 0.05) is 58.9 Å². The fourth-order valence-corrected chi connectivity index (χ4v) is 8.80. The summed E-state index contributed by atoms with van der Waals surface area (Å²) in [6.45, 7) is 0. The first-order chi connectivity index (χ1) is 25.3. The zero-order chi connectivity index (χ0) is 33.5. The fourth-order valence-electron chi connectivity index (χ4n) is 7.69. The number of para-hydroxylation sites is 1. The number of hydrogen-bond acceptors (Lipinski definition) is 4. The Balaban J connectivity index is 1.17. The van der Waals surface area contributed by atoms with Crippen molar-refractivity contribution >= 4 is 75.3 Å². The van der Waals surface area contributed by atoms with Gasteiger partial charge in [-0.3, -0.25) is 4.57 Å². The van der Waals surface area contributed by atoms with E-state index in [1.54, 1.807) is 0 Å². The van der Waals surface area contributed by atoms with Crippen LogP contribution in [0.1, 0.15) is 0 Å². The van der Waals surface area contributed by atoms with Gasteiger partial charge in [-0.1, -0.05) is 103 Å². The summed E-state index contributed by atoms with van der Waals surface area (Å²) in [5.41, 5.74) is 9.17. The maximum Gasteiger partial charge on any atom is 0.162 e. The van der Waals surface area contributed by atoms with Crippen LogP contribution in [-0.4, -0.2) is 14.5 Å². The van der Waals surface area contributed by atoms with E-state index >= 15 is 0 Å². The minimum absolute atomic E-state index is 0.679. The SMILES string of the molecule is c1ccc(-c2ccc3c(c2)c2ccccc2n3-c2cc(-c3ccc4oc5ccc6sc7ccccc7c6c5c4c3)nc(-c3ccccc3)n2)cc1. The molecule has 238 valence electrons.